The molecule has 0 fully saturated rings. The molecule has 1 aromatic rings. The van der Waals surface area contributed by atoms with Crippen molar-refractivity contribution >= 4 is 27.2 Å². The van der Waals surface area contributed by atoms with Gasteiger partial charge in [0.15, 0.2) is 5.84 Å². The molecule has 136 valence electrons. The number of alkyl halides is 2. The minimum atomic E-state index is -3.71. The molecule has 1 aliphatic heterocycles. The standard InChI is InChI=1S/C14H16F3N5O2S/c1-3-21-8-22(19-14(21)13(16)17)12-6-11(20-25(23,24)4-2)9(7-18)5-10(12)15/h5-6,13,20H,3-4,8H2,1-2H3. The van der Waals surface area contributed by atoms with Crippen molar-refractivity contribution in [3.63, 3.8) is 0 Å². The van der Waals surface area contributed by atoms with Crippen LogP contribution in [0.15, 0.2) is 17.2 Å². The number of nitrogens with one attached hydrogen (secondary N) is 1. The summed E-state index contributed by atoms with van der Waals surface area (Å²) in [7, 11) is -3.71. The Balaban J connectivity index is 2.48. The highest BCUT2D eigenvalue weighted by Gasteiger charge is 2.31. The molecule has 1 N–H and O–H groups in total. The number of hydrogen-bond donors (Lipinski definition) is 1. The number of hydrogen-bond acceptors (Lipinski definition) is 6. The van der Waals surface area contributed by atoms with Crippen molar-refractivity contribution in [3.8, 4) is 6.07 Å². The van der Waals surface area contributed by atoms with Gasteiger partial charge in [-0.25, -0.2) is 26.6 Å². The Morgan fingerprint density at radius 2 is 2.08 bits per heavy atom. The average molecular weight is 375 g/mol. The minimum Gasteiger partial charge on any atom is -0.335 e. The number of benzene rings is 1. The van der Waals surface area contributed by atoms with Crippen molar-refractivity contribution in [3.05, 3.63) is 23.5 Å². The first kappa shape index (κ1) is 18.9. The van der Waals surface area contributed by atoms with Crippen LogP contribution in [-0.4, -0.2) is 44.5 Å². The fourth-order valence-corrected chi connectivity index (χ4v) is 2.85. The van der Waals surface area contributed by atoms with Crippen LogP contribution in [-0.2, 0) is 10.0 Å². The van der Waals surface area contributed by atoms with E-state index >= 15 is 0 Å². The minimum absolute atomic E-state index is 0.112. The van der Waals surface area contributed by atoms with Gasteiger partial charge in [-0.1, -0.05) is 0 Å². The maximum absolute atomic E-state index is 14.3. The topological polar surface area (TPSA) is 88.8 Å². The number of hydrazone groups is 1. The molecule has 0 bridgehead atoms. The molecular weight excluding hydrogens is 359 g/mol. The summed E-state index contributed by atoms with van der Waals surface area (Å²) >= 11 is 0. The molecule has 0 atom stereocenters. The lowest BCUT2D eigenvalue weighted by atomic mass is 10.1. The lowest BCUT2D eigenvalue weighted by molar-refractivity contribution is 0.207. The van der Waals surface area contributed by atoms with Gasteiger partial charge in [-0.3, -0.25) is 4.72 Å². The quantitative estimate of drug-likeness (QED) is 0.823. The summed E-state index contributed by atoms with van der Waals surface area (Å²) in [6, 6.07) is 3.61. The SMILES string of the molecule is CCN1CN(c2cc(NS(=O)(=O)CC)c(C#N)cc2F)N=C1C(F)F. The summed E-state index contributed by atoms with van der Waals surface area (Å²) in [5, 5.41) is 13.8. The van der Waals surface area contributed by atoms with Gasteiger partial charge in [0.2, 0.25) is 10.0 Å². The maximum atomic E-state index is 14.3. The van der Waals surface area contributed by atoms with Crippen LogP contribution in [0.4, 0.5) is 24.5 Å². The van der Waals surface area contributed by atoms with Gasteiger partial charge < -0.3 is 4.90 Å². The largest absolute Gasteiger partial charge is 0.335 e. The normalized spacial score (nSPS) is 14.7. The van der Waals surface area contributed by atoms with Crippen LogP contribution in [0, 0.1) is 17.1 Å². The van der Waals surface area contributed by atoms with Crippen molar-refractivity contribution in [2.75, 3.05) is 28.7 Å². The number of halogens is 3. The third-order valence-electron chi connectivity index (χ3n) is 3.56. The lowest BCUT2D eigenvalue weighted by Crippen LogP contribution is -2.34. The third-order valence-corrected chi connectivity index (χ3v) is 4.85. The first-order chi connectivity index (χ1) is 11.7. The zero-order valence-corrected chi connectivity index (χ0v) is 14.3. The van der Waals surface area contributed by atoms with E-state index in [1.54, 1.807) is 13.0 Å². The van der Waals surface area contributed by atoms with Gasteiger partial charge >= 0.3 is 0 Å². The summed E-state index contributed by atoms with van der Waals surface area (Å²) in [4.78, 5) is 1.26. The molecule has 1 aliphatic rings. The maximum Gasteiger partial charge on any atom is 0.297 e. The molecule has 7 nitrogen and oxygen atoms in total. The van der Waals surface area contributed by atoms with Gasteiger partial charge in [0, 0.05) is 6.54 Å². The molecule has 0 spiro atoms. The van der Waals surface area contributed by atoms with E-state index in [1.807, 2.05) is 0 Å². The predicted octanol–water partition coefficient (Wildman–Crippen LogP) is 2.14. The van der Waals surface area contributed by atoms with Crippen molar-refractivity contribution in [1.82, 2.24) is 4.90 Å². The smallest absolute Gasteiger partial charge is 0.297 e. The Morgan fingerprint density at radius 3 is 2.56 bits per heavy atom. The lowest BCUT2D eigenvalue weighted by Gasteiger charge is -2.20. The Morgan fingerprint density at radius 1 is 1.40 bits per heavy atom. The molecule has 0 radical (unpaired) electrons. The molecule has 11 heteroatoms. The second-order valence-corrected chi connectivity index (χ2v) is 7.13. The highest BCUT2D eigenvalue weighted by Crippen LogP contribution is 2.30. The molecule has 0 unspecified atom stereocenters. The Bertz CT molecular complexity index is 836. The zero-order chi connectivity index (χ0) is 18.8. The molecule has 0 saturated carbocycles. The van der Waals surface area contributed by atoms with Gasteiger partial charge in [0.25, 0.3) is 6.43 Å². The van der Waals surface area contributed by atoms with Crippen LogP contribution in [0.5, 0.6) is 0 Å². The van der Waals surface area contributed by atoms with Crippen molar-refractivity contribution in [2.24, 2.45) is 5.10 Å². The first-order valence-electron chi connectivity index (χ1n) is 7.35. The van der Waals surface area contributed by atoms with Crippen molar-refractivity contribution < 1.29 is 21.6 Å². The number of nitrogens with zero attached hydrogens (tertiary/aromatic N) is 4. The zero-order valence-electron chi connectivity index (χ0n) is 13.5. The Labute approximate surface area is 143 Å². The van der Waals surface area contributed by atoms with Crippen LogP contribution in [0.2, 0.25) is 0 Å². The number of amidine groups is 1. The summed E-state index contributed by atoms with van der Waals surface area (Å²) in [5.41, 5.74) is -0.561. The number of sulfonamides is 1. The average Bonchev–Trinajstić information content (AvgIpc) is 3.00. The molecule has 2 rings (SSSR count). The fraction of sp³-hybridized carbons (Fsp3) is 0.429. The monoisotopic (exact) mass is 375 g/mol. The van der Waals surface area contributed by atoms with E-state index in [2.05, 4.69) is 9.82 Å². The molecule has 1 heterocycles. The van der Waals surface area contributed by atoms with Crippen LogP contribution < -0.4 is 9.73 Å². The van der Waals surface area contributed by atoms with Gasteiger partial charge in [0.05, 0.1) is 22.7 Å². The molecule has 0 amide bonds. The molecular formula is C14H16F3N5O2S. The van der Waals surface area contributed by atoms with Crippen molar-refractivity contribution in [2.45, 2.75) is 20.3 Å². The van der Waals surface area contributed by atoms with E-state index in [0.29, 0.717) is 0 Å². The van der Waals surface area contributed by atoms with Crippen LogP contribution in [0.25, 0.3) is 0 Å². The molecule has 0 aromatic heterocycles. The molecule has 1 aromatic carbocycles. The van der Waals surface area contributed by atoms with Gasteiger partial charge in [0.1, 0.15) is 18.6 Å². The van der Waals surface area contributed by atoms with E-state index in [0.717, 1.165) is 17.1 Å². The summed E-state index contributed by atoms with van der Waals surface area (Å²) in [5.74, 6) is -1.61. The van der Waals surface area contributed by atoms with E-state index < -0.39 is 28.1 Å². The molecule has 0 saturated heterocycles. The fourth-order valence-electron chi connectivity index (χ4n) is 2.20. The summed E-state index contributed by atoms with van der Waals surface area (Å²) in [6.45, 7) is 3.18. The van der Waals surface area contributed by atoms with Gasteiger partial charge in [-0.15, -0.1) is 0 Å². The molecule has 0 aliphatic carbocycles. The number of rotatable bonds is 6. The van der Waals surface area contributed by atoms with Gasteiger partial charge in [-0.05, 0) is 26.0 Å². The first-order valence-corrected chi connectivity index (χ1v) is 9.00. The summed E-state index contributed by atoms with van der Waals surface area (Å²) in [6.07, 6.45) is -2.83. The van der Waals surface area contributed by atoms with Crippen LogP contribution >= 0.6 is 0 Å². The van der Waals surface area contributed by atoms with E-state index in [4.69, 9.17) is 5.26 Å². The van der Waals surface area contributed by atoms with Gasteiger partial charge in [-0.2, -0.15) is 10.4 Å². The van der Waals surface area contributed by atoms with E-state index in [-0.39, 0.29) is 35.9 Å². The highest BCUT2D eigenvalue weighted by molar-refractivity contribution is 7.92. The Kier molecular flexibility index (Phi) is 5.42. The predicted molar refractivity (Wildman–Crippen MR) is 87.4 cm³/mol. The number of anilines is 2. The Hall–Kier alpha value is -2.48. The second kappa shape index (κ2) is 7.18. The second-order valence-electron chi connectivity index (χ2n) is 5.12. The van der Waals surface area contributed by atoms with Crippen LogP contribution in [0.1, 0.15) is 19.4 Å². The highest BCUT2D eigenvalue weighted by atomic mass is 32.2. The molecule has 25 heavy (non-hydrogen) atoms. The van der Waals surface area contributed by atoms with E-state index in [9.17, 15) is 21.6 Å². The summed E-state index contributed by atoms with van der Waals surface area (Å²) < 4.78 is 66.0. The van der Waals surface area contributed by atoms with E-state index in [1.165, 1.54) is 11.8 Å². The third kappa shape index (κ3) is 3.96. The van der Waals surface area contributed by atoms with Crippen molar-refractivity contribution in [1.29, 1.82) is 5.26 Å². The van der Waals surface area contributed by atoms with Crippen LogP contribution in [0.3, 0.4) is 0 Å². The number of nitriles is 1.